The lowest BCUT2D eigenvalue weighted by Crippen LogP contribution is -1.96. The fraction of sp³-hybridized carbons (Fsp3) is 0.0769. The summed E-state index contributed by atoms with van der Waals surface area (Å²) in [6.45, 7) is 0.428. The minimum atomic E-state index is -0.547. The molecule has 2 aromatic heterocycles. The van der Waals surface area contributed by atoms with Crippen LogP contribution in [0.5, 0.6) is 0 Å². The van der Waals surface area contributed by atoms with Gasteiger partial charge < -0.3 is 8.98 Å². The van der Waals surface area contributed by atoms with Gasteiger partial charge in [-0.15, -0.1) is 0 Å². The summed E-state index contributed by atoms with van der Waals surface area (Å²) in [7, 11) is 0. The fourth-order valence-electron chi connectivity index (χ4n) is 2.01. The van der Waals surface area contributed by atoms with E-state index in [1.54, 1.807) is 6.07 Å². The summed E-state index contributed by atoms with van der Waals surface area (Å²) >= 11 is 5.97. The molecule has 0 unspecified atom stereocenters. The van der Waals surface area contributed by atoms with E-state index in [0.29, 0.717) is 17.3 Å². The van der Waals surface area contributed by atoms with Crippen molar-refractivity contribution in [1.29, 1.82) is 0 Å². The van der Waals surface area contributed by atoms with Gasteiger partial charge in [-0.3, -0.25) is 10.1 Å². The first kappa shape index (κ1) is 11.8. The molecule has 0 bridgehead atoms. The summed E-state index contributed by atoms with van der Waals surface area (Å²) in [5.74, 6) is 0.286. The van der Waals surface area contributed by atoms with Crippen LogP contribution in [0.2, 0.25) is 5.02 Å². The van der Waals surface area contributed by atoms with Gasteiger partial charge in [-0.1, -0.05) is 17.7 Å². The Morgan fingerprint density at radius 3 is 2.84 bits per heavy atom. The molecule has 0 saturated carbocycles. The van der Waals surface area contributed by atoms with Crippen LogP contribution in [0.25, 0.3) is 10.9 Å². The number of rotatable bonds is 3. The lowest BCUT2D eigenvalue weighted by atomic mass is 10.2. The predicted octanol–water partition coefficient (Wildman–Crippen LogP) is 3.84. The van der Waals surface area contributed by atoms with Crippen LogP contribution in [-0.4, -0.2) is 9.49 Å². The van der Waals surface area contributed by atoms with Crippen molar-refractivity contribution in [2.75, 3.05) is 0 Å². The van der Waals surface area contributed by atoms with Gasteiger partial charge in [0, 0.05) is 16.7 Å². The molecule has 3 rings (SSSR count). The lowest BCUT2D eigenvalue weighted by Gasteiger charge is -2.02. The van der Waals surface area contributed by atoms with E-state index in [-0.39, 0.29) is 5.88 Å². The van der Waals surface area contributed by atoms with E-state index in [9.17, 15) is 10.1 Å². The number of hydrogen-bond donors (Lipinski definition) is 0. The van der Waals surface area contributed by atoms with Crippen molar-refractivity contribution in [3.8, 4) is 0 Å². The quantitative estimate of drug-likeness (QED) is 0.539. The van der Waals surface area contributed by atoms with Crippen LogP contribution in [0.15, 0.2) is 47.0 Å². The van der Waals surface area contributed by atoms with E-state index in [1.807, 2.05) is 35.0 Å². The van der Waals surface area contributed by atoms with Crippen LogP contribution < -0.4 is 0 Å². The number of halogens is 1. The minimum Gasteiger partial charge on any atom is -0.404 e. The molecule has 0 atom stereocenters. The Morgan fingerprint density at radius 2 is 2.11 bits per heavy atom. The zero-order valence-corrected chi connectivity index (χ0v) is 10.5. The van der Waals surface area contributed by atoms with Gasteiger partial charge in [0.2, 0.25) is 0 Å². The highest BCUT2D eigenvalue weighted by Gasteiger charge is 2.12. The molecular formula is C13H9ClN2O3. The Hall–Kier alpha value is -2.27. The Morgan fingerprint density at radius 1 is 1.26 bits per heavy atom. The zero-order chi connectivity index (χ0) is 13.4. The van der Waals surface area contributed by atoms with Gasteiger partial charge >= 0.3 is 5.88 Å². The summed E-state index contributed by atoms with van der Waals surface area (Å²) in [4.78, 5) is 10.0. The molecule has 1 aromatic carbocycles. The largest absolute Gasteiger partial charge is 0.433 e. The van der Waals surface area contributed by atoms with E-state index in [4.69, 9.17) is 16.0 Å². The van der Waals surface area contributed by atoms with Gasteiger partial charge in [0.05, 0.1) is 12.6 Å². The second kappa shape index (κ2) is 4.44. The van der Waals surface area contributed by atoms with Gasteiger partial charge in [0.25, 0.3) is 0 Å². The van der Waals surface area contributed by atoms with E-state index < -0.39 is 4.92 Å². The Labute approximate surface area is 113 Å². The SMILES string of the molecule is O=[N+]([O-])c1ccc(Cn2ccc3ccc(Cl)cc32)o1. The number of benzene rings is 1. The molecule has 0 saturated heterocycles. The maximum absolute atomic E-state index is 10.6. The summed E-state index contributed by atoms with van der Waals surface area (Å²) < 4.78 is 7.08. The number of nitrogens with zero attached hydrogens (tertiary/aromatic N) is 2. The Kier molecular flexibility index (Phi) is 2.76. The van der Waals surface area contributed by atoms with E-state index in [2.05, 4.69) is 0 Å². The van der Waals surface area contributed by atoms with Crippen molar-refractivity contribution in [2.24, 2.45) is 0 Å². The number of nitro groups is 1. The Bertz CT molecular complexity index is 760. The van der Waals surface area contributed by atoms with Crippen LogP contribution in [0, 0.1) is 10.1 Å². The third-order valence-electron chi connectivity index (χ3n) is 2.89. The first-order valence-electron chi connectivity index (χ1n) is 5.61. The molecule has 0 N–H and O–H groups in total. The molecule has 6 heteroatoms. The second-order valence-electron chi connectivity index (χ2n) is 4.14. The molecule has 0 spiro atoms. The topological polar surface area (TPSA) is 61.2 Å². The summed E-state index contributed by atoms with van der Waals surface area (Å²) in [6.07, 6.45) is 1.90. The van der Waals surface area contributed by atoms with Gasteiger partial charge in [-0.05, 0) is 29.7 Å². The standard InChI is InChI=1S/C13H9ClN2O3/c14-10-2-1-9-5-6-15(12(9)7-10)8-11-3-4-13(19-11)16(17)18/h1-7H,8H2. The number of aromatic nitrogens is 1. The first-order valence-corrected chi connectivity index (χ1v) is 5.99. The van der Waals surface area contributed by atoms with Crippen LogP contribution in [-0.2, 0) is 6.54 Å². The van der Waals surface area contributed by atoms with Crippen molar-refractivity contribution in [1.82, 2.24) is 4.57 Å². The number of fused-ring (bicyclic) bond motifs is 1. The highest BCUT2D eigenvalue weighted by molar-refractivity contribution is 6.31. The number of furan rings is 1. The van der Waals surface area contributed by atoms with Crippen molar-refractivity contribution in [2.45, 2.75) is 6.54 Å². The second-order valence-corrected chi connectivity index (χ2v) is 4.58. The monoisotopic (exact) mass is 276 g/mol. The highest BCUT2D eigenvalue weighted by Crippen LogP contribution is 2.23. The molecular weight excluding hydrogens is 268 g/mol. The molecule has 0 aliphatic carbocycles. The average Bonchev–Trinajstić information content (AvgIpc) is 2.98. The highest BCUT2D eigenvalue weighted by atomic mass is 35.5. The maximum atomic E-state index is 10.6. The molecule has 0 aliphatic heterocycles. The van der Waals surface area contributed by atoms with E-state index in [0.717, 1.165) is 10.9 Å². The molecule has 3 aromatic rings. The molecule has 5 nitrogen and oxygen atoms in total. The molecule has 19 heavy (non-hydrogen) atoms. The van der Waals surface area contributed by atoms with E-state index in [1.165, 1.54) is 6.07 Å². The van der Waals surface area contributed by atoms with Gasteiger partial charge in [-0.25, -0.2) is 0 Å². The van der Waals surface area contributed by atoms with Gasteiger partial charge in [-0.2, -0.15) is 0 Å². The molecule has 0 fully saturated rings. The fourth-order valence-corrected chi connectivity index (χ4v) is 2.18. The van der Waals surface area contributed by atoms with Crippen molar-refractivity contribution < 1.29 is 9.34 Å². The third kappa shape index (κ3) is 2.20. The van der Waals surface area contributed by atoms with E-state index >= 15 is 0 Å². The van der Waals surface area contributed by atoms with Crippen LogP contribution in [0.1, 0.15) is 5.76 Å². The predicted molar refractivity (Wildman–Crippen MR) is 71.4 cm³/mol. The summed E-state index contributed by atoms with van der Waals surface area (Å²) in [5, 5.41) is 12.3. The van der Waals surface area contributed by atoms with Gasteiger partial charge in [0.1, 0.15) is 10.7 Å². The number of hydrogen-bond acceptors (Lipinski definition) is 3. The zero-order valence-electron chi connectivity index (χ0n) is 9.75. The van der Waals surface area contributed by atoms with Crippen molar-refractivity contribution >= 4 is 28.4 Å². The summed E-state index contributed by atoms with van der Waals surface area (Å²) in [6, 6.07) is 10.5. The van der Waals surface area contributed by atoms with Crippen molar-refractivity contribution in [3.63, 3.8) is 0 Å². The van der Waals surface area contributed by atoms with Crippen LogP contribution in [0.3, 0.4) is 0 Å². The maximum Gasteiger partial charge on any atom is 0.433 e. The smallest absolute Gasteiger partial charge is 0.404 e. The lowest BCUT2D eigenvalue weighted by molar-refractivity contribution is -0.402. The molecule has 2 heterocycles. The molecule has 0 aliphatic rings. The third-order valence-corrected chi connectivity index (χ3v) is 3.12. The summed E-state index contributed by atoms with van der Waals surface area (Å²) in [5.41, 5.74) is 0.964. The minimum absolute atomic E-state index is 0.246. The Balaban J connectivity index is 1.96. The normalized spacial score (nSPS) is 11.0. The molecule has 0 amide bonds. The van der Waals surface area contributed by atoms with Crippen molar-refractivity contribution in [3.05, 3.63) is 63.5 Å². The van der Waals surface area contributed by atoms with Gasteiger partial charge in [0.15, 0.2) is 0 Å². The molecule has 96 valence electrons. The van der Waals surface area contributed by atoms with Crippen LogP contribution >= 0.6 is 11.6 Å². The first-order chi connectivity index (χ1) is 9.13. The van der Waals surface area contributed by atoms with Crippen LogP contribution in [0.4, 0.5) is 5.88 Å². The molecule has 0 radical (unpaired) electrons. The average molecular weight is 277 g/mol.